The molecule has 2 aromatic rings. The van der Waals surface area contributed by atoms with Gasteiger partial charge >= 0.3 is 0 Å². The number of halogens is 1. The van der Waals surface area contributed by atoms with Crippen molar-refractivity contribution >= 4 is 23.2 Å². The monoisotopic (exact) mass is 411 g/mol. The van der Waals surface area contributed by atoms with Crippen molar-refractivity contribution in [2.24, 2.45) is 5.10 Å². The summed E-state index contributed by atoms with van der Waals surface area (Å²) >= 11 is 6.49. The zero-order valence-electron chi connectivity index (χ0n) is 16.7. The molecule has 0 spiro atoms. The first kappa shape index (κ1) is 19.9. The maximum Gasteiger partial charge on any atom is 0.257 e. The van der Waals surface area contributed by atoms with Crippen molar-refractivity contribution in [3.8, 4) is 5.75 Å². The topological polar surface area (TPSA) is 45.1 Å². The van der Waals surface area contributed by atoms with Crippen molar-refractivity contribution in [1.82, 2.24) is 9.91 Å². The van der Waals surface area contributed by atoms with E-state index in [4.69, 9.17) is 21.4 Å². The van der Waals surface area contributed by atoms with Crippen molar-refractivity contribution in [2.45, 2.75) is 31.7 Å². The Labute approximate surface area is 176 Å². The Kier molecular flexibility index (Phi) is 6.16. The highest BCUT2D eigenvalue weighted by molar-refractivity contribution is 6.31. The number of hydrazone groups is 1. The van der Waals surface area contributed by atoms with Gasteiger partial charge in [-0.05, 0) is 49.7 Å². The zero-order valence-corrected chi connectivity index (χ0v) is 17.4. The summed E-state index contributed by atoms with van der Waals surface area (Å²) < 4.78 is 5.36. The maximum atomic E-state index is 13.2. The first-order valence-electron chi connectivity index (χ1n) is 10.2. The van der Waals surface area contributed by atoms with Gasteiger partial charge in [-0.2, -0.15) is 5.10 Å². The second-order valence-corrected chi connectivity index (χ2v) is 8.00. The number of carbonyl (C=O) groups is 1. The van der Waals surface area contributed by atoms with E-state index in [0.717, 1.165) is 48.5 Å². The van der Waals surface area contributed by atoms with E-state index in [0.29, 0.717) is 18.0 Å². The third-order valence-electron chi connectivity index (χ3n) is 5.64. The van der Waals surface area contributed by atoms with Crippen molar-refractivity contribution in [2.75, 3.05) is 26.7 Å². The number of carbonyl (C=O) groups excluding carboxylic acids is 1. The average Bonchev–Trinajstić information content (AvgIpc) is 3.20. The van der Waals surface area contributed by atoms with Crippen LogP contribution in [0.5, 0.6) is 5.75 Å². The largest absolute Gasteiger partial charge is 0.497 e. The first-order valence-corrected chi connectivity index (χ1v) is 10.5. The van der Waals surface area contributed by atoms with Gasteiger partial charge in [-0.15, -0.1) is 0 Å². The SMILES string of the molecule is COc1cccc(C2=NN(C(=O)CN3CCCCC3)[C@@H](c3ccccc3Cl)C2)c1. The van der Waals surface area contributed by atoms with Crippen molar-refractivity contribution in [3.63, 3.8) is 0 Å². The van der Waals surface area contributed by atoms with Gasteiger partial charge in [0.2, 0.25) is 0 Å². The Balaban J connectivity index is 1.63. The third-order valence-corrected chi connectivity index (χ3v) is 5.98. The second-order valence-electron chi connectivity index (χ2n) is 7.60. The smallest absolute Gasteiger partial charge is 0.257 e. The Morgan fingerprint density at radius 2 is 1.93 bits per heavy atom. The number of nitrogens with zero attached hydrogens (tertiary/aromatic N) is 3. The lowest BCUT2D eigenvalue weighted by molar-refractivity contribution is -0.134. The van der Waals surface area contributed by atoms with E-state index in [1.165, 1.54) is 6.42 Å². The van der Waals surface area contributed by atoms with Crippen molar-refractivity contribution in [3.05, 3.63) is 64.7 Å². The second kappa shape index (κ2) is 8.97. The van der Waals surface area contributed by atoms with Crippen LogP contribution in [0.2, 0.25) is 5.02 Å². The molecular weight excluding hydrogens is 386 g/mol. The van der Waals surface area contributed by atoms with Crippen LogP contribution in [0, 0.1) is 0 Å². The van der Waals surface area contributed by atoms with Gasteiger partial charge in [0.1, 0.15) is 5.75 Å². The minimum atomic E-state index is -0.192. The molecule has 0 aliphatic carbocycles. The number of hydrogen-bond acceptors (Lipinski definition) is 4. The molecule has 4 rings (SSSR count). The molecule has 0 bridgehead atoms. The van der Waals surface area contributed by atoms with E-state index in [1.807, 2.05) is 48.5 Å². The van der Waals surface area contributed by atoms with Gasteiger partial charge < -0.3 is 4.74 Å². The molecule has 2 aliphatic rings. The highest BCUT2D eigenvalue weighted by Crippen LogP contribution is 2.36. The molecule has 0 radical (unpaired) electrons. The van der Waals surface area contributed by atoms with Crippen LogP contribution in [0.1, 0.15) is 42.9 Å². The molecule has 5 nitrogen and oxygen atoms in total. The van der Waals surface area contributed by atoms with Crippen LogP contribution in [-0.2, 0) is 4.79 Å². The molecule has 2 heterocycles. The van der Waals surface area contributed by atoms with Crippen LogP contribution in [0.25, 0.3) is 0 Å². The molecule has 0 saturated carbocycles. The number of benzene rings is 2. The molecule has 2 aliphatic heterocycles. The fourth-order valence-corrected chi connectivity index (χ4v) is 4.35. The van der Waals surface area contributed by atoms with Gasteiger partial charge in [-0.1, -0.05) is 48.4 Å². The summed E-state index contributed by atoms with van der Waals surface area (Å²) in [5.74, 6) is 0.798. The lowest BCUT2D eigenvalue weighted by Crippen LogP contribution is -2.40. The number of ether oxygens (including phenoxy) is 1. The lowest BCUT2D eigenvalue weighted by Gasteiger charge is -2.29. The number of likely N-dealkylation sites (tertiary alicyclic amines) is 1. The average molecular weight is 412 g/mol. The molecule has 1 saturated heterocycles. The molecule has 2 aromatic carbocycles. The van der Waals surface area contributed by atoms with E-state index in [-0.39, 0.29) is 11.9 Å². The summed E-state index contributed by atoms with van der Waals surface area (Å²) in [7, 11) is 1.65. The molecule has 6 heteroatoms. The zero-order chi connectivity index (χ0) is 20.2. The normalized spacial score (nSPS) is 19.9. The Hall–Kier alpha value is -2.37. The van der Waals surface area contributed by atoms with E-state index < -0.39 is 0 Å². The Morgan fingerprint density at radius 1 is 1.14 bits per heavy atom. The minimum Gasteiger partial charge on any atom is -0.497 e. The van der Waals surface area contributed by atoms with E-state index in [9.17, 15) is 4.79 Å². The molecule has 1 atom stereocenters. The Bertz CT molecular complexity index is 909. The summed E-state index contributed by atoms with van der Waals surface area (Å²) in [5.41, 5.74) is 2.78. The van der Waals surface area contributed by atoms with Gasteiger partial charge in [0, 0.05) is 17.0 Å². The summed E-state index contributed by atoms with van der Waals surface area (Å²) in [5, 5.41) is 7.06. The quantitative estimate of drug-likeness (QED) is 0.727. The molecule has 0 aromatic heterocycles. The molecule has 29 heavy (non-hydrogen) atoms. The van der Waals surface area contributed by atoms with Crippen LogP contribution < -0.4 is 4.74 Å². The highest BCUT2D eigenvalue weighted by atomic mass is 35.5. The predicted molar refractivity (Wildman–Crippen MR) is 115 cm³/mol. The van der Waals surface area contributed by atoms with E-state index in [2.05, 4.69) is 4.90 Å². The van der Waals surface area contributed by atoms with Crippen LogP contribution in [0.15, 0.2) is 53.6 Å². The van der Waals surface area contributed by atoms with Gasteiger partial charge in [0.25, 0.3) is 5.91 Å². The number of amides is 1. The van der Waals surface area contributed by atoms with Crippen LogP contribution in [0.4, 0.5) is 0 Å². The van der Waals surface area contributed by atoms with Crippen LogP contribution in [-0.4, -0.2) is 48.3 Å². The summed E-state index contributed by atoms with van der Waals surface area (Å²) in [6, 6.07) is 15.3. The molecule has 152 valence electrons. The molecule has 0 N–H and O–H groups in total. The first-order chi connectivity index (χ1) is 14.2. The number of rotatable bonds is 5. The lowest BCUT2D eigenvalue weighted by atomic mass is 9.98. The standard InChI is InChI=1S/C23H26ClN3O2/c1-29-18-9-7-8-17(14-18)21-15-22(19-10-3-4-11-20(19)24)27(25-21)23(28)16-26-12-5-2-6-13-26/h3-4,7-11,14,22H,2,5-6,12-13,15-16H2,1H3/t22-/m1/s1. The van der Waals surface area contributed by atoms with Gasteiger partial charge in [0.05, 0.1) is 25.4 Å². The summed E-state index contributed by atoms with van der Waals surface area (Å²) in [6.07, 6.45) is 4.18. The predicted octanol–water partition coefficient (Wildman–Crippen LogP) is 4.51. The molecular formula is C23H26ClN3O2. The fraction of sp³-hybridized carbons (Fsp3) is 0.391. The molecule has 1 fully saturated rings. The molecule has 0 unspecified atom stereocenters. The maximum absolute atomic E-state index is 13.2. The number of piperidine rings is 1. The van der Waals surface area contributed by atoms with Crippen molar-refractivity contribution < 1.29 is 9.53 Å². The molecule has 1 amide bonds. The minimum absolute atomic E-state index is 0.0229. The van der Waals surface area contributed by atoms with E-state index >= 15 is 0 Å². The van der Waals surface area contributed by atoms with Crippen molar-refractivity contribution in [1.29, 1.82) is 0 Å². The van der Waals surface area contributed by atoms with Crippen LogP contribution in [0.3, 0.4) is 0 Å². The van der Waals surface area contributed by atoms with Crippen LogP contribution >= 0.6 is 11.6 Å². The fourth-order valence-electron chi connectivity index (χ4n) is 4.09. The van der Waals surface area contributed by atoms with Gasteiger partial charge in [0.15, 0.2) is 0 Å². The van der Waals surface area contributed by atoms with Gasteiger partial charge in [-0.25, -0.2) is 5.01 Å². The Morgan fingerprint density at radius 3 is 2.69 bits per heavy atom. The third kappa shape index (κ3) is 4.46. The van der Waals surface area contributed by atoms with E-state index in [1.54, 1.807) is 12.1 Å². The summed E-state index contributed by atoms with van der Waals surface area (Å²) in [4.78, 5) is 15.4. The van der Waals surface area contributed by atoms with Gasteiger partial charge in [-0.3, -0.25) is 9.69 Å². The summed E-state index contributed by atoms with van der Waals surface area (Å²) in [6.45, 7) is 2.35. The number of hydrogen-bond donors (Lipinski definition) is 0. The number of methoxy groups -OCH3 is 1. The highest BCUT2D eigenvalue weighted by Gasteiger charge is 2.34.